The lowest BCUT2D eigenvalue weighted by Gasteiger charge is -2.34. The Morgan fingerprint density at radius 2 is 1.92 bits per heavy atom. The highest BCUT2D eigenvalue weighted by molar-refractivity contribution is 6.30. The average Bonchev–Trinajstić information content (AvgIpc) is 3.47. The average molecular weight is 518 g/mol. The number of aliphatic hydroxyl groups is 1. The number of hydrogen-bond acceptors (Lipinski definition) is 7. The molecule has 3 aliphatic heterocycles. The van der Waals surface area contributed by atoms with Crippen molar-refractivity contribution in [1.29, 1.82) is 5.26 Å². The molecule has 2 aromatic carbocycles. The van der Waals surface area contributed by atoms with Gasteiger partial charge in [0.2, 0.25) is 17.7 Å². The van der Waals surface area contributed by atoms with E-state index in [1.807, 2.05) is 19.1 Å². The predicted molar refractivity (Wildman–Crippen MR) is 135 cm³/mol. The minimum atomic E-state index is -1.15. The smallest absolute Gasteiger partial charge is 0.240 e. The topological polar surface area (TPSA) is 113 Å². The Kier molecular flexibility index (Phi) is 5.50. The summed E-state index contributed by atoms with van der Waals surface area (Å²) in [4.78, 5) is 33.4. The number of anilines is 1. The minimum Gasteiger partial charge on any atom is -0.478 e. The quantitative estimate of drug-likeness (QED) is 0.491. The Hall–Kier alpha value is -3.51. The number of nitriles is 1. The number of pyridine rings is 1. The lowest BCUT2D eigenvalue weighted by Crippen LogP contribution is -2.51. The molecule has 8 nitrogen and oxygen atoms in total. The van der Waals surface area contributed by atoms with Crippen LogP contribution in [0.15, 0.2) is 54.7 Å². The maximum Gasteiger partial charge on any atom is 0.240 e. The first-order valence-corrected chi connectivity index (χ1v) is 12.7. The standard InChI is InChI=1S/C28H24ClN3O5/c1-2-28-21(33)13-27(37-28,11-12-36-22-10-8-17(29)15-31-22)23-24(28)26(35)32(25(23)34)20-9-7-16(14-30)18-5-3-4-6-19(18)20/h3-10,15,21,23-24,33H,2,11-13H2,1H3. The van der Waals surface area contributed by atoms with Gasteiger partial charge in [-0.25, -0.2) is 9.88 Å². The lowest BCUT2D eigenvalue weighted by molar-refractivity contribution is -0.137. The van der Waals surface area contributed by atoms with E-state index in [1.54, 1.807) is 36.4 Å². The van der Waals surface area contributed by atoms with Crippen LogP contribution < -0.4 is 9.64 Å². The number of nitrogens with zero attached hydrogens (tertiary/aromatic N) is 3. The highest BCUT2D eigenvalue weighted by atomic mass is 35.5. The lowest BCUT2D eigenvalue weighted by atomic mass is 9.64. The van der Waals surface area contributed by atoms with E-state index in [9.17, 15) is 20.0 Å². The van der Waals surface area contributed by atoms with Gasteiger partial charge in [-0.2, -0.15) is 5.26 Å². The number of benzene rings is 2. The zero-order valence-electron chi connectivity index (χ0n) is 20.1. The Balaban J connectivity index is 1.37. The van der Waals surface area contributed by atoms with E-state index in [0.29, 0.717) is 45.8 Å². The highest BCUT2D eigenvalue weighted by Gasteiger charge is 2.77. The Labute approximate surface area is 218 Å². The number of imide groups is 1. The molecular formula is C28H24ClN3O5. The van der Waals surface area contributed by atoms with Crippen LogP contribution in [0, 0.1) is 23.2 Å². The molecule has 1 N–H and O–H groups in total. The summed E-state index contributed by atoms with van der Waals surface area (Å²) >= 11 is 5.90. The van der Waals surface area contributed by atoms with E-state index in [2.05, 4.69) is 11.1 Å². The van der Waals surface area contributed by atoms with E-state index in [1.165, 1.54) is 11.1 Å². The van der Waals surface area contributed by atoms with E-state index >= 15 is 0 Å². The van der Waals surface area contributed by atoms with Crippen LogP contribution in [0.4, 0.5) is 5.69 Å². The summed E-state index contributed by atoms with van der Waals surface area (Å²) in [5.74, 6) is -1.91. The van der Waals surface area contributed by atoms with Crippen LogP contribution in [0.5, 0.6) is 5.88 Å². The van der Waals surface area contributed by atoms with Crippen molar-refractivity contribution in [3.63, 3.8) is 0 Å². The van der Waals surface area contributed by atoms with Crippen molar-refractivity contribution < 1.29 is 24.2 Å². The van der Waals surface area contributed by atoms with Crippen LogP contribution in [0.3, 0.4) is 0 Å². The number of fused-ring (bicyclic) bond motifs is 6. The molecule has 3 aromatic rings. The number of rotatable bonds is 6. The van der Waals surface area contributed by atoms with Gasteiger partial charge in [0.1, 0.15) is 5.60 Å². The van der Waals surface area contributed by atoms with Gasteiger partial charge in [-0.1, -0.05) is 42.8 Å². The molecule has 5 atom stereocenters. The molecule has 0 aliphatic carbocycles. The first-order chi connectivity index (χ1) is 17.8. The maximum atomic E-state index is 14.0. The predicted octanol–water partition coefficient (Wildman–Crippen LogP) is 4.02. The largest absolute Gasteiger partial charge is 0.478 e. The summed E-state index contributed by atoms with van der Waals surface area (Å²) in [6.07, 6.45) is 1.52. The zero-order valence-corrected chi connectivity index (χ0v) is 20.8. The fourth-order valence-electron chi connectivity index (χ4n) is 6.57. The molecule has 188 valence electrons. The van der Waals surface area contributed by atoms with Gasteiger partial charge in [-0.3, -0.25) is 9.59 Å². The second-order valence-corrected chi connectivity index (χ2v) is 10.3. The van der Waals surface area contributed by atoms with Gasteiger partial charge in [0.25, 0.3) is 0 Å². The third kappa shape index (κ3) is 3.31. The van der Waals surface area contributed by atoms with Gasteiger partial charge in [0.05, 0.1) is 52.5 Å². The van der Waals surface area contributed by atoms with E-state index < -0.39 is 29.1 Å². The van der Waals surface area contributed by atoms with Crippen molar-refractivity contribution in [1.82, 2.24) is 4.98 Å². The number of amides is 2. The molecule has 2 bridgehead atoms. The summed E-state index contributed by atoms with van der Waals surface area (Å²) in [5.41, 5.74) is -1.29. The van der Waals surface area contributed by atoms with E-state index in [4.69, 9.17) is 21.1 Å². The number of aromatic nitrogens is 1. The summed E-state index contributed by atoms with van der Waals surface area (Å²) in [5, 5.41) is 22.5. The molecule has 5 unspecified atom stereocenters. The fraction of sp³-hybridized carbons (Fsp3) is 0.357. The van der Waals surface area contributed by atoms with Crippen LogP contribution in [0.25, 0.3) is 10.8 Å². The molecule has 9 heteroatoms. The summed E-state index contributed by atoms with van der Waals surface area (Å²) < 4.78 is 12.3. The number of ether oxygens (including phenoxy) is 2. The maximum absolute atomic E-state index is 14.0. The van der Waals surface area contributed by atoms with Crippen LogP contribution in [-0.2, 0) is 14.3 Å². The molecule has 2 amide bonds. The van der Waals surface area contributed by atoms with Gasteiger partial charge in [0, 0.05) is 35.9 Å². The van der Waals surface area contributed by atoms with Crippen molar-refractivity contribution >= 4 is 39.9 Å². The highest BCUT2D eigenvalue weighted by Crippen LogP contribution is 2.63. The Morgan fingerprint density at radius 1 is 1.16 bits per heavy atom. The van der Waals surface area contributed by atoms with Crippen LogP contribution in [-0.4, -0.2) is 45.8 Å². The molecule has 37 heavy (non-hydrogen) atoms. The molecular weight excluding hydrogens is 494 g/mol. The number of hydrogen-bond donors (Lipinski definition) is 1. The Bertz CT molecular complexity index is 1470. The molecule has 0 spiro atoms. The van der Waals surface area contributed by atoms with Gasteiger partial charge >= 0.3 is 0 Å². The van der Waals surface area contributed by atoms with Crippen molar-refractivity contribution in [2.45, 2.75) is 43.5 Å². The molecule has 0 radical (unpaired) electrons. The fourth-order valence-corrected chi connectivity index (χ4v) is 6.68. The second-order valence-electron chi connectivity index (χ2n) is 9.87. The third-order valence-electron chi connectivity index (χ3n) is 8.19. The van der Waals surface area contributed by atoms with E-state index in [-0.39, 0.29) is 24.8 Å². The van der Waals surface area contributed by atoms with Crippen molar-refractivity contribution in [2.75, 3.05) is 11.5 Å². The normalized spacial score (nSPS) is 30.1. The van der Waals surface area contributed by atoms with Gasteiger partial charge in [0.15, 0.2) is 0 Å². The molecule has 3 aliphatic rings. The number of carbonyl (C=O) groups is 2. The first kappa shape index (κ1) is 23.9. The second kappa shape index (κ2) is 8.52. The van der Waals surface area contributed by atoms with Crippen LogP contribution in [0.1, 0.15) is 31.7 Å². The third-order valence-corrected chi connectivity index (χ3v) is 8.41. The van der Waals surface area contributed by atoms with Gasteiger partial charge in [-0.05, 0) is 24.6 Å². The van der Waals surface area contributed by atoms with Crippen molar-refractivity contribution in [2.24, 2.45) is 11.8 Å². The molecule has 4 heterocycles. The number of halogens is 1. The molecule has 3 fully saturated rings. The van der Waals surface area contributed by atoms with Crippen molar-refractivity contribution in [3.05, 3.63) is 65.3 Å². The summed E-state index contributed by atoms with van der Waals surface area (Å²) in [6.45, 7) is 2.05. The first-order valence-electron chi connectivity index (χ1n) is 12.3. The SMILES string of the molecule is CCC12OC(CCOc3ccc(Cl)cn3)(CC1O)C1C(=O)N(c3ccc(C#N)c4ccccc34)C(=O)C12. The zero-order chi connectivity index (χ0) is 25.9. The number of carbonyl (C=O) groups excluding carboxylic acids is 2. The van der Waals surface area contributed by atoms with Gasteiger partial charge < -0.3 is 14.6 Å². The minimum absolute atomic E-state index is 0.186. The summed E-state index contributed by atoms with van der Waals surface area (Å²) in [6, 6.07) is 16.0. The van der Waals surface area contributed by atoms with E-state index in [0.717, 1.165) is 0 Å². The monoisotopic (exact) mass is 517 g/mol. The summed E-state index contributed by atoms with van der Waals surface area (Å²) in [7, 11) is 0. The number of aliphatic hydroxyl groups excluding tert-OH is 1. The van der Waals surface area contributed by atoms with Crippen LogP contribution >= 0.6 is 11.6 Å². The van der Waals surface area contributed by atoms with Crippen molar-refractivity contribution in [3.8, 4) is 11.9 Å². The Morgan fingerprint density at radius 3 is 2.62 bits per heavy atom. The van der Waals surface area contributed by atoms with Crippen LogP contribution in [0.2, 0.25) is 5.02 Å². The van der Waals surface area contributed by atoms with Gasteiger partial charge in [-0.15, -0.1) is 0 Å². The molecule has 0 saturated carbocycles. The molecule has 1 aromatic heterocycles. The molecule has 3 saturated heterocycles. The molecule has 6 rings (SSSR count).